The summed E-state index contributed by atoms with van der Waals surface area (Å²) in [5, 5.41) is 6.07. The molecule has 1 aromatic carbocycles. The lowest BCUT2D eigenvalue weighted by Gasteiger charge is -2.16. The van der Waals surface area contributed by atoms with E-state index < -0.39 is 9.84 Å². The zero-order valence-electron chi connectivity index (χ0n) is 17.9. The number of nitrogens with zero attached hydrogens (tertiary/aromatic N) is 2. The molecule has 1 atom stereocenters. The third kappa shape index (κ3) is 4.20. The van der Waals surface area contributed by atoms with E-state index in [-0.39, 0.29) is 22.8 Å². The molecule has 0 bridgehead atoms. The van der Waals surface area contributed by atoms with Crippen molar-refractivity contribution in [2.75, 3.05) is 23.5 Å². The highest BCUT2D eigenvalue weighted by Gasteiger charge is 2.30. The molecule has 32 heavy (non-hydrogen) atoms. The van der Waals surface area contributed by atoms with E-state index in [1.807, 2.05) is 13.0 Å². The second-order valence-corrected chi connectivity index (χ2v) is 10.5. The van der Waals surface area contributed by atoms with E-state index >= 15 is 0 Å². The lowest BCUT2D eigenvalue weighted by atomic mass is 10.1. The SMILES string of the molecule is Cc1nc2c(Nc3ccc([C@H]4CCCO4)cc3S(C)(=O)=O)cc(NC(=O)C3CC3)nc2[nH]1. The van der Waals surface area contributed by atoms with Gasteiger partial charge in [-0.3, -0.25) is 4.79 Å². The van der Waals surface area contributed by atoms with E-state index in [0.717, 1.165) is 31.2 Å². The van der Waals surface area contributed by atoms with Crippen LogP contribution in [-0.4, -0.2) is 42.1 Å². The maximum Gasteiger partial charge on any atom is 0.228 e. The topological polar surface area (TPSA) is 126 Å². The minimum atomic E-state index is -3.52. The molecule has 0 spiro atoms. The molecule has 1 aliphatic heterocycles. The van der Waals surface area contributed by atoms with Gasteiger partial charge in [-0.2, -0.15) is 0 Å². The number of hydrogen-bond acceptors (Lipinski definition) is 7. The smallest absolute Gasteiger partial charge is 0.228 e. The molecular formula is C22H25N5O4S. The molecule has 2 aromatic heterocycles. The summed E-state index contributed by atoms with van der Waals surface area (Å²) in [6.45, 7) is 2.49. The molecule has 1 amide bonds. The van der Waals surface area contributed by atoms with Crippen molar-refractivity contribution >= 4 is 44.1 Å². The Morgan fingerprint density at radius 3 is 2.66 bits per heavy atom. The van der Waals surface area contributed by atoms with Gasteiger partial charge in [-0.1, -0.05) is 6.07 Å². The van der Waals surface area contributed by atoms with E-state index in [4.69, 9.17) is 4.74 Å². The Hall–Kier alpha value is -2.98. The molecule has 3 aromatic rings. The number of imidazole rings is 1. The lowest BCUT2D eigenvalue weighted by Crippen LogP contribution is -2.14. The van der Waals surface area contributed by atoms with Crippen LogP contribution in [0.2, 0.25) is 0 Å². The Kier molecular flexibility index (Phi) is 5.13. The van der Waals surface area contributed by atoms with Gasteiger partial charge < -0.3 is 20.4 Å². The fraction of sp³-hybridized carbons (Fsp3) is 0.409. The summed E-state index contributed by atoms with van der Waals surface area (Å²) in [7, 11) is -3.52. The highest BCUT2D eigenvalue weighted by Crippen LogP contribution is 2.36. The average molecular weight is 456 g/mol. The van der Waals surface area contributed by atoms with Crippen LogP contribution in [0, 0.1) is 12.8 Å². The summed E-state index contributed by atoms with van der Waals surface area (Å²) in [5.41, 5.74) is 2.91. The summed E-state index contributed by atoms with van der Waals surface area (Å²) in [6.07, 6.45) is 4.71. The van der Waals surface area contributed by atoms with E-state index in [0.29, 0.717) is 40.8 Å². The number of fused-ring (bicyclic) bond motifs is 1. The number of nitrogens with one attached hydrogen (secondary N) is 3. The number of aromatic amines is 1. The molecule has 2 aliphatic rings. The standard InChI is InChI=1S/C22H25N5O4S/c1-12-23-20-16(11-19(26-21(20)24-12)27-22(28)13-5-6-13)25-15-8-7-14(17-4-3-9-31-17)10-18(15)32(2,29)30/h7-8,10-11,13,17H,3-6,9H2,1-2H3,(H3,23,24,25,26,27,28)/t17-/m1/s1. The number of rotatable bonds is 6. The fourth-order valence-corrected chi connectivity index (χ4v) is 4.84. The second kappa shape index (κ2) is 7.86. The van der Waals surface area contributed by atoms with Gasteiger partial charge in [-0.25, -0.2) is 18.4 Å². The Balaban J connectivity index is 1.54. The monoisotopic (exact) mass is 455 g/mol. The van der Waals surface area contributed by atoms with Crippen molar-refractivity contribution in [3.63, 3.8) is 0 Å². The fourth-order valence-electron chi connectivity index (χ4n) is 3.97. The van der Waals surface area contributed by atoms with E-state index in [1.54, 1.807) is 18.2 Å². The van der Waals surface area contributed by atoms with Gasteiger partial charge in [-0.15, -0.1) is 0 Å². The number of sulfone groups is 1. The highest BCUT2D eigenvalue weighted by atomic mass is 32.2. The lowest BCUT2D eigenvalue weighted by molar-refractivity contribution is -0.117. The first kappa shape index (κ1) is 20.9. The molecule has 3 heterocycles. The molecule has 1 saturated carbocycles. The van der Waals surface area contributed by atoms with Crippen LogP contribution in [0.25, 0.3) is 11.2 Å². The minimum Gasteiger partial charge on any atom is -0.374 e. The van der Waals surface area contributed by atoms with Gasteiger partial charge in [-0.05, 0) is 50.3 Å². The van der Waals surface area contributed by atoms with E-state index in [1.165, 1.54) is 6.26 Å². The molecule has 0 radical (unpaired) electrons. The van der Waals surface area contributed by atoms with E-state index in [2.05, 4.69) is 25.6 Å². The summed E-state index contributed by atoms with van der Waals surface area (Å²) < 4.78 is 30.9. The number of pyridine rings is 1. The summed E-state index contributed by atoms with van der Waals surface area (Å²) in [6, 6.07) is 7.00. The largest absolute Gasteiger partial charge is 0.374 e. The predicted molar refractivity (Wildman–Crippen MR) is 121 cm³/mol. The van der Waals surface area contributed by atoms with Crippen molar-refractivity contribution in [3.05, 3.63) is 35.7 Å². The zero-order chi connectivity index (χ0) is 22.5. The Labute approximate surface area is 185 Å². The first-order chi connectivity index (χ1) is 15.3. The number of hydrogen-bond donors (Lipinski definition) is 3. The molecule has 1 aliphatic carbocycles. The molecule has 10 heteroatoms. The number of aryl methyl sites for hydroxylation is 1. The number of amides is 1. The molecule has 5 rings (SSSR count). The van der Waals surface area contributed by atoms with Gasteiger partial charge in [0, 0.05) is 24.8 Å². The molecule has 0 unspecified atom stereocenters. The minimum absolute atomic E-state index is 0.0367. The maximum absolute atomic E-state index is 12.6. The number of benzene rings is 1. The molecule has 3 N–H and O–H groups in total. The van der Waals surface area contributed by atoms with Crippen LogP contribution in [0.3, 0.4) is 0 Å². The Morgan fingerprint density at radius 2 is 1.97 bits per heavy atom. The maximum atomic E-state index is 12.6. The highest BCUT2D eigenvalue weighted by molar-refractivity contribution is 7.90. The van der Waals surface area contributed by atoms with Crippen molar-refractivity contribution in [2.45, 2.75) is 43.6 Å². The van der Waals surface area contributed by atoms with Gasteiger partial charge in [0.25, 0.3) is 0 Å². The van der Waals surface area contributed by atoms with Gasteiger partial charge in [0.2, 0.25) is 5.91 Å². The van der Waals surface area contributed by atoms with Gasteiger partial charge in [0.15, 0.2) is 15.5 Å². The number of carbonyl (C=O) groups excluding carboxylic acids is 1. The summed E-state index contributed by atoms with van der Waals surface area (Å²) in [5.74, 6) is 1.03. The van der Waals surface area contributed by atoms with Crippen molar-refractivity contribution in [1.29, 1.82) is 0 Å². The number of carbonyl (C=O) groups is 1. The molecule has 2 fully saturated rings. The van der Waals surface area contributed by atoms with Crippen LogP contribution in [0.4, 0.5) is 17.2 Å². The average Bonchev–Trinajstić information content (AvgIpc) is 3.30. The quantitative estimate of drug-likeness (QED) is 0.518. The Morgan fingerprint density at radius 1 is 1.16 bits per heavy atom. The van der Waals surface area contributed by atoms with Crippen molar-refractivity contribution in [3.8, 4) is 0 Å². The second-order valence-electron chi connectivity index (χ2n) is 8.49. The van der Waals surface area contributed by atoms with Crippen molar-refractivity contribution in [1.82, 2.24) is 15.0 Å². The third-order valence-corrected chi connectivity index (χ3v) is 6.88. The number of anilines is 3. The van der Waals surface area contributed by atoms with Gasteiger partial charge >= 0.3 is 0 Å². The van der Waals surface area contributed by atoms with Crippen LogP contribution in [0.1, 0.15) is 43.2 Å². The van der Waals surface area contributed by atoms with Gasteiger partial charge in [0.05, 0.1) is 22.4 Å². The Bertz CT molecular complexity index is 1310. The number of ether oxygens (including phenoxy) is 1. The molecular weight excluding hydrogens is 430 g/mol. The van der Waals surface area contributed by atoms with Crippen molar-refractivity contribution in [2.24, 2.45) is 5.92 Å². The normalized spacial score (nSPS) is 18.8. The molecule has 168 valence electrons. The first-order valence-electron chi connectivity index (χ1n) is 10.7. The predicted octanol–water partition coefficient (Wildman–Crippen LogP) is 3.61. The summed E-state index contributed by atoms with van der Waals surface area (Å²) in [4.78, 5) is 24.5. The van der Waals surface area contributed by atoms with Crippen molar-refractivity contribution < 1.29 is 17.9 Å². The summed E-state index contributed by atoms with van der Waals surface area (Å²) >= 11 is 0. The van der Waals surface area contributed by atoms with Gasteiger partial charge in [0.1, 0.15) is 17.2 Å². The molecule has 1 saturated heterocycles. The van der Waals surface area contributed by atoms with Crippen LogP contribution in [0.15, 0.2) is 29.2 Å². The zero-order valence-corrected chi connectivity index (χ0v) is 18.8. The van der Waals surface area contributed by atoms with Crippen LogP contribution < -0.4 is 10.6 Å². The van der Waals surface area contributed by atoms with E-state index in [9.17, 15) is 13.2 Å². The van der Waals surface area contributed by atoms with Crippen LogP contribution in [-0.2, 0) is 19.4 Å². The van der Waals surface area contributed by atoms with Crippen LogP contribution >= 0.6 is 0 Å². The molecule has 9 nitrogen and oxygen atoms in total. The number of H-pyrrole nitrogens is 1. The third-order valence-electron chi connectivity index (χ3n) is 5.75. The first-order valence-corrected chi connectivity index (χ1v) is 12.6. The number of aromatic nitrogens is 3. The van der Waals surface area contributed by atoms with Crippen LogP contribution in [0.5, 0.6) is 0 Å².